The van der Waals surface area contributed by atoms with Crippen LogP contribution in [0, 0.1) is 0 Å². The van der Waals surface area contributed by atoms with E-state index in [1.165, 1.54) is 5.56 Å². The first-order valence-corrected chi connectivity index (χ1v) is 4.74. The van der Waals surface area contributed by atoms with Gasteiger partial charge in [-0.25, -0.2) is 0 Å². The maximum absolute atomic E-state index is 11.5. The average Bonchev–Trinajstić information content (AvgIpc) is 2.14. The molecule has 1 aromatic carbocycles. The second-order valence-corrected chi connectivity index (χ2v) is 3.37. The third-order valence-electron chi connectivity index (χ3n) is 2.42. The number of carbonyl (C=O) groups is 1. The van der Waals surface area contributed by atoms with Crippen molar-refractivity contribution in [3.8, 4) is 0 Å². The maximum Gasteiger partial charge on any atom is 0.251 e. The number of nitrogens with one attached hydrogen (secondary N) is 1. The van der Waals surface area contributed by atoms with Crippen molar-refractivity contribution in [2.75, 3.05) is 6.54 Å². The second-order valence-electron chi connectivity index (χ2n) is 3.37. The Morgan fingerprint density at radius 1 is 1.15 bits per heavy atom. The van der Waals surface area contributed by atoms with E-state index >= 15 is 0 Å². The van der Waals surface area contributed by atoms with Crippen molar-refractivity contribution in [2.24, 2.45) is 0 Å². The molecule has 1 heterocycles. The van der Waals surface area contributed by atoms with Crippen molar-refractivity contribution < 1.29 is 4.79 Å². The highest BCUT2D eigenvalue weighted by atomic mass is 16.1. The summed E-state index contributed by atoms with van der Waals surface area (Å²) in [5.74, 6) is 0.0790. The normalized spacial score (nSPS) is 16.8. The molecule has 1 amide bonds. The minimum Gasteiger partial charge on any atom is -0.352 e. The number of hydrogen-bond acceptors (Lipinski definition) is 1. The molecular weight excluding hydrogens is 162 g/mol. The van der Waals surface area contributed by atoms with Crippen molar-refractivity contribution in [3.05, 3.63) is 35.4 Å². The minimum atomic E-state index is 0.0790. The van der Waals surface area contributed by atoms with E-state index in [4.69, 9.17) is 0 Å². The highest BCUT2D eigenvalue weighted by Crippen LogP contribution is 2.13. The molecule has 0 aromatic heterocycles. The van der Waals surface area contributed by atoms with Gasteiger partial charge in [-0.2, -0.15) is 0 Å². The predicted octanol–water partition coefficient (Wildman–Crippen LogP) is 1.75. The largest absolute Gasteiger partial charge is 0.352 e. The van der Waals surface area contributed by atoms with Gasteiger partial charge in [0.15, 0.2) is 0 Å². The summed E-state index contributed by atoms with van der Waals surface area (Å²) in [5.41, 5.74) is 2.03. The zero-order valence-electron chi connectivity index (χ0n) is 7.55. The van der Waals surface area contributed by atoms with E-state index < -0.39 is 0 Å². The highest BCUT2D eigenvalue weighted by Gasteiger charge is 2.11. The van der Waals surface area contributed by atoms with Gasteiger partial charge in [0, 0.05) is 12.1 Å². The lowest BCUT2D eigenvalue weighted by Gasteiger charge is -2.13. The summed E-state index contributed by atoms with van der Waals surface area (Å²) in [7, 11) is 0. The van der Waals surface area contributed by atoms with Gasteiger partial charge >= 0.3 is 0 Å². The van der Waals surface area contributed by atoms with Gasteiger partial charge < -0.3 is 5.32 Å². The van der Waals surface area contributed by atoms with E-state index in [2.05, 4.69) is 5.32 Å². The monoisotopic (exact) mass is 175 g/mol. The van der Waals surface area contributed by atoms with Gasteiger partial charge in [-0.1, -0.05) is 18.2 Å². The Bertz CT molecular complexity index is 320. The molecule has 13 heavy (non-hydrogen) atoms. The quantitative estimate of drug-likeness (QED) is 0.639. The van der Waals surface area contributed by atoms with Gasteiger partial charge in [-0.15, -0.1) is 0 Å². The number of amides is 1. The minimum absolute atomic E-state index is 0.0790. The first-order valence-electron chi connectivity index (χ1n) is 4.74. The molecule has 0 saturated carbocycles. The number of hydrogen-bond donors (Lipinski definition) is 1. The zero-order chi connectivity index (χ0) is 9.10. The molecule has 1 aliphatic rings. The van der Waals surface area contributed by atoms with Crippen LogP contribution in [0.5, 0.6) is 0 Å². The molecule has 2 rings (SSSR count). The van der Waals surface area contributed by atoms with Crippen LogP contribution in [-0.2, 0) is 6.42 Å². The number of carbonyl (C=O) groups excluding carboxylic acids is 1. The summed E-state index contributed by atoms with van der Waals surface area (Å²) >= 11 is 0. The Morgan fingerprint density at radius 2 is 2.00 bits per heavy atom. The average molecular weight is 175 g/mol. The Morgan fingerprint density at radius 3 is 2.92 bits per heavy atom. The van der Waals surface area contributed by atoms with Gasteiger partial charge in [0.05, 0.1) is 0 Å². The topological polar surface area (TPSA) is 29.1 Å². The molecule has 0 unspecified atom stereocenters. The van der Waals surface area contributed by atoms with Crippen molar-refractivity contribution in [3.63, 3.8) is 0 Å². The Balaban J connectivity index is 2.37. The van der Waals surface area contributed by atoms with Crippen LogP contribution in [-0.4, -0.2) is 12.5 Å². The third-order valence-corrected chi connectivity index (χ3v) is 2.42. The van der Waals surface area contributed by atoms with Gasteiger partial charge in [-0.3, -0.25) is 4.79 Å². The van der Waals surface area contributed by atoms with Crippen LogP contribution >= 0.6 is 0 Å². The molecule has 68 valence electrons. The third kappa shape index (κ3) is 1.72. The van der Waals surface area contributed by atoms with Gasteiger partial charge in [-0.05, 0) is 30.9 Å². The summed E-state index contributed by atoms with van der Waals surface area (Å²) < 4.78 is 0. The Kier molecular flexibility index (Phi) is 2.30. The van der Waals surface area contributed by atoms with Crippen LogP contribution in [0.2, 0.25) is 0 Å². The van der Waals surface area contributed by atoms with E-state index in [0.29, 0.717) is 0 Å². The molecule has 0 saturated heterocycles. The molecule has 0 atom stereocenters. The van der Waals surface area contributed by atoms with Crippen LogP contribution in [0.4, 0.5) is 0 Å². The van der Waals surface area contributed by atoms with Crippen LogP contribution in [0.15, 0.2) is 24.3 Å². The Hall–Kier alpha value is -1.31. The molecule has 0 radical (unpaired) electrons. The fraction of sp³-hybridized carbons (Fsp3) is 0.364. The molecule has 1 aliphatic heterocycles. The van der Waals surface area contributed by atoms with Crippen LogP contribution in [0.1, 0.15) is 28.8 Å². The summed E-state index contributed by atoms with van der Waals surface area (Å²) in [6.07, 6.45) is 3.28. The van der Waals surface area contributed by atoms with Crippen molar-refractivity contribution >= 4 is 5.91 Å². The van der Waals surface area contributed by atoms with Crippen molar-refractivity contribution in [1.82, 2.24) is 5.32 Å². The first-order chi connectivity index (χ1) is 6.38. The lowest BCUT2D eigenvalue weighted by molar-refractivity contribution is 0.0950. The van der Waals surface area contributed by atoms with Crippen LogP contribution in [0.25, 0.3) is 0 Å². The van der Waals surface area contributed by atoms with E-state index in [1.54, 1.807) is 0 Å². The molecule has 1 aromatic rings. The van der Waals surface area contributed by atoms with E-state index in [0.717, 1.165) is 31.4 Å². The van der Waals surface area contributed by atoms with Crippen LogP contribution in [0.3, 0.4) is 0 Å². The summed E-state index contributed by atoms with van der Waals surface area (Å²) in [5, 5.41) is 2.90. The van der Waals surface area contributed by atoms with Crippen LogP contribution < -0.4 is 5.32 Å². The van der Waals surface area contributed by atoms with Crippen molar-refractivity contribution in [1.29, 1.82) is 0 Å². The maximum atomic E-state index is 11.5. The SMILES string of the molecule is O=C1NCCCCc2ccccc21. The Labute approximate surface area is 78.0 Å². The number of rotatable bonds is 0. The highest BCUT2D eigenvalue weighted by molar-refractivity contribution is 5.95. The summed E-state index contributed by atoms with van der Waals surface area (Å²) in [6, 6.07) is 7.85. The second kappa shape index (κ2) is 3.60. The van der Waals surface area contributed by atoms with Crippen molar-refractivity contribution in [2.45, 2.75) is 19.3 Å². The van der Waals surface area contributed by atoms with Gasteiger partial charge in [0.1, 0.15) is 0 Å². The lowest BCUT2D eigenvalue weighted by Crippen LogP contribution is -2.27. The molecule has 1 N–H and O–H groups in total. The van der Waals surface area contributed by atoms with Gasteiger partial charge in [0.2, 0.25) is 0 Å². The molecule has 0 spiro atoms. The molecular formula is C11H13NO. The smallest absolute Gasteiger partial charge is 0.251 e. The van der Waals surface area contributed by atoms with E-state index in [9.17, 15) is 4.79 Å². The standard InChI is InChI=1S/C11H13NO/c13-11-10-7-2-1-5-9(10)6-3-4-8-12-11/h1-2,5,7H,3-4,6,8H2,(H,12,13). The molecule has 2 heteroatoms. The fourth-order valence-electron chi connectivity index (χ4n) is 1.70. The molecule has 0 bridgehead atoms. The van der Waals surface area contributed by atoms with E-state index in [1.807, 2.05) is 24.3 Å². The van der Waals surface area contributed by atoms with Gasteiger partial charge in [0.25, 0.3) is 5.91 Å². The zero-order valence-corrected chi connectivity index (χ0v) is 7.55. The lowest BCUT2D eigenvalue weighted by atomic mass is 10.00. The molecule has 0 aliphatic carbocycles. The first kappa shape index (κ1) is 8.30. The number of aryl methyl sites for hydroxylation is 1. The fourth-order valence-corrected chi connectivity index (χ4v) is 1.70. The summed E-state index contributed by atoms with van der Waals surface area (Å²) in [6.45, 7) is 0.813. The molecule has 0 fully saturated rings. The number of fused-ring (bicyclic) bond motifs is 1. The summed E-state index contributed by atoms with van der Waals surface area (Å²) in [4.78, 5) is 11.5. The van der Waals surface area contributed by atoms with E-state index in [-0.39, 0.29) is 5.91 Å². The molecule has 2 nitrogen and oxygen atoms in total. The number of benzene rings is 1. The predicted molar refractivity (Wildman–Crippen MR) is 51.7 cm³/mol.